The van der Waals surface area contributed by atoms with Gasteiger partial charge in [0.2, 0.25) is 0 Å². The first kappa shape index (κ1) is 24.5. The molecule has 0 atom stereocenters. The SMILES string of the molecule is c1ccc(-c2cc(-c3ccccc3)nc(-n3c4ccccc4c4c3cnc3c5ccccc5n(-c5cccnc5)c34)c2)cc1. The van der Waals surface area contributed by atoms with Crippen LogP contribution in [0.15, 0.2) is 152 Å². The van der Waals surface area contributed by atoms with E-state index in [2.05, 4.69) is 135 Å². The maximum Gasteiger partial charge on any atom is 0.138 e. The molecule has 5 heteroatoms. The highest BCUT2D eigenvalue weighted by atomic mass is 15.1. The van der Waals surface area contributed by atoms with Crippen LogP contribution in [0.4, 0.5) is 0 Å². The van der Waals surface area contributed by atoms with E-state index in [1.165, 1.54) is 0 Å². The van der Waals surface area contributed by atoms with Gasteiger partial charge in [0, 0.05) is 27.9 Å². The van der Waals surface area contributed by atoms with Crippen LogP contribution in [-0.4, -0.2) is 24.1 Å². The Morgan fingerprint density at radius 2 is 1.18 bits per heavy atom. The van der Waals surface area contributed by atoms with Crippen LogP contribution in [0.2, 0.25) is 0 Å². The molecule has 206 valence electrons. The fraction of sp³-hybridized carbons (Fsp3) is 0. The first-order chi connectivity index (χ1) is 21.8. The minimum atomic E-state index is 0.849. The predicted octanol–water partition coefficient (Wildman–Crippen LogP) is 9.40. The van der Waals surface area contributed by atoms with Crippen molar-refractivity contribution in [3.63, 3.8) is 0 Å². The van der Waals surface area contributed by atoms with Crippen molar-refractivity contribution in [1.82, 2.24) is 24.1 Å². The van der Waals surface area contributed by atoms with Crippen LogP contribution in [0.1, 0.15) is 0 Å². The molecule has 9 rings (SSSR count). The van der Waals surface area contributed by atoms with Crippen molar-refractivity contribution < 1.29 is 0 Å². The number of para-hydroxylation sites is 2. The van der Waals surface area contributed by atoms with E-state index in [4.69, 9.17) is 9.97 Å². The lowest BCUT2D eigenvalue weighted by Crippen LogP contribution is -2.00. The molecule has 5 nitrogen and oxygen atoms in total. The fourth-order valence-electron chi connectivity index (χ4n) is 6.53. The van der Waals surface area contributed by atoms with Crippen molar-refractivity contribution in [3.8, 4) is 33.9 Å². The second-order valence-corrected chi connectivity index (χ2v) is 11.0. The Morgan fingerprint density at radius 3 is 1.93 bits per heavy atom. The number of fused-ring (bicyclic) bond motifs is 7. The van der Waals surface area contributed by atoms with E-state index in [0.717, 1.165) is 77.6 Å². The Balaban J connectivity index is 1.43. The molecule has 0 unspecified atom stereocenters. The third-order valence-corrected chi connectivity index (χ3v) is 8.43. The van der Waals surface area contributed by atoms with Crippen LogP contribution < -0.4 is 0 Å². The van der Waals surface area contributed by atoms with Crippen LogP contribution in [0.25, 0.3) is 77.6 Å². The number of hydrogen-bond acceptors (Lipinski definition) is 3. The Morgan fingerprint density at radius 1 is 0.500 bits per heavy atom. The van der Waals surface area contributed by atoms with Gasteiger partial charge in [-0.25, -0.2) is 4.98 Å². The normalized spacial score (nSPS) is 11.6. The third-order valence-electron chi connectivity index (χ3n) is 8.43. The van der Waals surface area contributed by atoms with Gasteiger partial charge in [-0.2, -0.15) is 0 Å². The molecule has 0 amide bonds. The molecule has 0 radical (unpaired) electrons. The second kappa shape index (κ2) is 9.75. The van der Waals surface area contributed by atoms with Crippen molar-refractivity contribution in [2.75, 3.05) is 0 Å². The summed E-state index contributed by atoms with van der Waals surface area (Å²) in [7, 11) is 0. The number of aromatic nitrogens is 5. The summed E-state index contributed by atoms with van der Waals surface area (Å²) in [5.74, 6) is 0.849. The lowest BCUT2D eigenvalue weighted by Gasteiger charge is -2.13. The molecule has 0 aliphatic carbocycles. The molecule has 44 heavy (non-hydrogen) atoms. The van der Waals surface area contributed by atoms with Crippen molar-refractivity contribution in [2.24, 2.45) is 0 Å². The van der Waals surface area contributed by atoms with Crippen molar-refractivity contribution in [3.05, 3.63) is 152 Å². The van der Waals surface area contributed by atoms with E-state index in [1.54, 1.807) is 0 Å². The maximum atomic E-state index is 5.29. The first-order valence-electron chi connectivity index (χ1n) is 14.7. The quantitative estimate of drug-likeness (QED) is 0.214. The number of benzene rings is 4. The Labute approximate surface area is 253 Å². The van der Waals surface area contributed by atoms with Crippen LogP contribution >= 0.6 is 0 Å². The highest BCUT2D eigenvalue weighted by Gasteiger charge is 2.22. The number of hydrogen-bond donors (Lipinski definition) is 0. The van der Waals surface area contributed by atoms with Gasteiger partial charge in [0.1, 0.15) is 5.82 Å². The maximum absolute atomic E-state index is 5.29. The van der Waals surface area contributed by atoms with E-state index in [1.807, 2.05) is 30.7 Å². The average Bonchev–Trinajstić information content (AvgIpc) is 3.62. The largest absolute Gasteiger partial charge is 0.305 e. The highest BCUT2D eigenvalue weighted by Crippen LogP contribution is 2.41. The smallest absolute Gasteiger partial charge is 0.138 e. The first-order valence-corrected chi connectivity index (χ1v) is 14.7. The molecule has 9 aromatic rings. The molecular formula is C39H25N5. The lowest BCUT2D eigenvalue weighted by molar-refractivity contribution is 1.08. The van der Waals surface area contributed by atoms with E-state index in [9.17, 15) is 0 Å². The molecule has 0 N–H and O–H groups in total. The topological polar surface area (TPSA) is 48.5 Å². The standard InChI is InChI=1S/C39H25N5/c1-3-12-26(13-4-1)28-22-32(27-14-5-2-6-15-27)42-36(23-28)44-33-19-9-7-17-30(33)37-35(44)25-41-38-31-18-8-10-20-34(31)43(39(37)38)29-16-11-21-40-24-29/h1-25H. The van der Waals surface area contributed by atoms with Crippen molar-refractivity contribution >= 4 is 43.7 Å². The van der Waals surface area contributed by atoms with Gasteiger partial charge in [0.25, 0.3) is 0 Å². The van der Waals surface area contributed by atoms with Gasteiger partial charge < -0.3 is 4.57 Å². The zero-order valence-corrected chi connectivity index (χ0v) is 23.7. The van der Waals surface area contributed by atoms with Crippen molar-refractivity contribution in [1.29, 1.82) is 0 Å². The van der Waals surface area contributed by atoms with E-state index in [0.29, 0.717) is 0 Å². The van der Waals surface area contributed by atoms with Gasteiger partial charge in [-0.3, -0.25) is 14.5 Å². The van der Waals surface area contributed by atoms with Gasteiger partial charge in [0.15, 0.2) is 0 Å². The van der Waals surface area contributed by atoms with E-state index < -0.39 is 0 Å². The molecule has 0 aliphatic rings. The molecule has 0 saturated heterocycles. The monoisotopic (exact) mass is 563 g/mol. The summed E-state index contributed by atoms with van der Waals surface area (Å²) in [5.41, 5.74) is 10.5. The van der Waals surface area contributed by atoms with Gasteiger partial charge in [-0.1, -0.05) is 97.1 Å². The summed E-state index contributed by atoms with van der Waals surface area (Å²) in [6, 6.07) is 46.4. The highest BCUT2D eigenvalue weighted by molar-refractivity contribution is 6.24. The zero-order valence-electron chi connectivity index (χ0n) is 23.7. The number of nitrogens with zero attached hydrogens (tertiary/aromatic N) is 5. The predicted molar refractivity (Wildman–Crippen MR) is 179 cm³/mol. The van der Waals surface area contributed by atoms with Gasteiger partial charge >= 0.3 is 0 Å². The van der Waals surface area contributed by atoms with Crippen LogP contribution in [-0.2, 0) is 0 Å². The van der Waals surface area contributed by atoms with Crippen molar-refractivity contribution in [2.45, 2.75) is 0 Å². The van der Waals surface area contributed by atoms with Crippen LogP contribution in [0, 0.1) is 0 Å². The van der Waals surface area contributed by atoms with Gasteiger partial charge in [-0.05, 0) is 47.5 Å². The van der Waals surface area contributed by atoms with E-state index in [-0.39, 0.29) is 0 Å². The lowest BCUT2D eigenvalue weighted by atomic mass is 10.0. The van der Waals surface area contributed by atoms with Gasteiger partial charge in [0.05, 0.1) is 51.4 Å². The summed E-state index contributed by atoms with van der Waals surface area (Å²) < 4.78 is 4.56. The van der Waals surface area contributed by atoms with E-state index >= 15 is 0 Å². The third kappa shape index (κ3) is 3.69. The molecule has 0 fully saturated rings. The van der Waals surface area contributed by atoms with Crippen LogP contribution in [0.3, 0.4) is 0 Å². The summed E-state index contributed by atoms with van der Waals surface area (Å²) in [4.78, 5) is 14.9. The minimum Gasteiger partial charge on any atom is -0.305 e. The van der Waals surface area contributed by atoms with Gasteiger partial charge in [-0.15, -0.1) is 0 Å². The fourth-order valence-corrected chi connectivity index (χ4v) is 6.53. The minimum absolute atomic E-state index is 0.849. The Bertz CT molecular complexity index is 2420. The summed E-state index contributed by atoms with van der Waals surface area (Å²) >= 11 is 0. The number of rotatable bonds is 4. The zero-order chi connectivity index (χ0) is 29.0. The molecule has 0 aliphatic heterocycles. The summed E-state index contributed by atoms with van der Waals surface area (Å²) in [6.07, 6.45) is 5.74. The molecule has 5 heterocycles. The Kier molecular flexibility index (Phi) is 5.43. The molecule has 4 aromatic carbocycles. The Hall–Kier alpha value is -6.07. The molecule has 0 spiro atoms. The number of pyridine rings is 3. The van der Waals surface area contributed by atoms with Crippen LogP contribution in [0.5, 0.6) is 0 Å². The summed E-state index contributed by atoms with van der Waals surface area (Å²) in [5, 5.41) is 3.40. The molecular weight excluding hydrogens is 538 g/mol. The molecule has 0 saturated carbocycles. The average molecular weight is 564 g/mol. The molecule has 5 aromatic heterocycles. The molecule has 0 bridgehead atoms. The second-order valence-electron chi connectivity index (χ2n) is 11.0. The summed E-state index contributed by atoms with van der Waals surface area (Å²) in [6.45, 7) is 0.